The molecule has 1 aromatic rings. The van der Waals surface area contributed by atoms with Crippen molar-refractivity contribution >= 4 is 5.91 Å². The summed E-state index contributed by atoms with van der Waals surface area (Å²) < 4.78 is 11.1. The van der Waals surface area contributed by atoms with E-state index in [1.54, 1.807) is 26.1 Å². The van der Waals surface area contributed by atoms with Crippen LogP contribution in [0.5, 0.6) is 11.5 Å². The first-order chi connectivity index (χ1) is 10.1. The Bertz CT molecular complexity index is 447. The minimum absolute atomic E-state index is 0.0514. The first-order valence-corrected chi connectivity index (χ1v) is 7.29. The van der Waals surface area contributed by atoms with Crippen LogP contribution in [0.15, 0.2) is 18.2 Å². The second-order valence-electron chi connectivity index (χ2n) is 5.01. The van der Waals surface area contributed by atoms with Gasteiger partial charge in [0, 0.05) is 26.2 Å². The first kappa shape index (κ1) is 17.3. The predicted molar refractivity (Wildman–Crippen MR) is 83.8 cm³/mol. The molecule has 1 aromatic carbocycles. The summed E-state index contributed by atoms with van der Waals surface area (Å²) in [5, 5.41) is 3.35. The normalized spacial score (nSPS) is 10.3. The Balaban J connectivity index is 2.70. The Morgan fingerprint density at radius 3 is 2.71 bits per heavy atom. The van der Waals surface area contributed by atoms with E-state index < -0.39 is 0 Å². The van der Waals surface area contributed by atoms with Gasteiger partial charge in [-0.1, -0.05) is 19.1 Å². The molecule has 0 bridgehead atoms. The third kappa shape index (κ3) is 5.63. The number of nitrogens with one attached hydrogen (secondary N) is 1. The topological polar surface area (TPSA) is 50.8 Å². The van der Waals surface area contributed by atoms with Gasteiger partial charge in [-0.05, 0) is 19.0 Å². The zero-order valence-corrected chi connectivity index (χ0v) is 13.4. The number of carbonyl (C=O) groups excluding carboxylic acids is 1. The Hall–Kier alpha value is -1.75. The van der Waals surface area contributed by atoms with Crippen molar-refractivity contribution in [3.8, 4) is 11.5 Å². The number of hydrogen-bond acceptors (Lipinski definition) is 4. The van der Waals surface area contributed by atoms with Crippen molar-refractivity contribution in [3.63, 3.8) is 0 Å². The summed E-state index contributed by atoms with van der Waals surface area (Å²) in [4.78, 5) is 13.2. The van der Waals surface area contributed by atoms with Crippen LogP contribution < -0.4 is 14.8 Å². The van der Waals surface area contributed by atoms with Crippen LogP contribution in [0.2, 0.25) is 0 Å². The molecule has 0 aliphatic rings. The molecule has 0 saturated carbocycles. The lowest BCUT2D eigenvalue weighted by Gasteiger charge is -2.16. The highest BCUT2D eigenvalue weighted by atomic mass is 16.5. The molecule has 5 heteroatoms. The van der Waals surface area contributed by atoms with Crippen LogP contribution in [0, 0.1) is 0 Å². The number of ether oxygens (including phenoxy) is 2. The zero-order valence-electron chi connectivity index (χ0n) is 13.4. The quantitative estimate of drug-likeness (QED) is 0.708. The van der Waals surface area contributed by atoms with E-state index in [9.17, 15) is 4.79 Å². The van der Waals surface area contributed by atoms with Gasteiger partial charge in [-0.25, -0.2) is 0 Å². The molecule has 0 fully saturated rings. The van der Waals surface area contributed by atoms with Crippen molar-refractivity contribution in [1.29, 1.82) is 0 Å². The van der Waals surface area contributed by atoms with Gasteiger partial charge >= 0.3 is 0 Å². The van der Waals surface area contributed by atoms with Crippen molar-refractivity contribution < 1.29 is 14.3 Å². The maximum Gasteiger partial charge on any atom is 0.225 e. The molecule has 0 aromatic heterocycles. The third-order valence-electron chi connectivity index (χ3n) is 3.08. The van der Waals surface area contributed by atoms with E-state index in [1.807, 2.05) is 18.2 Å². The third-order valence-corrected chi connectivity index (χ3v) is 3.08. The van der Waals surface area contributed by atoms with E-state index in [0.717, 1.165) is 30.8 Å². The lowest BCUT2D eigenvalue weighted by atomic mass is 10.2. The summed E-state index contributed by atoms with van der Waals surface area (Å²) in [6, 6.07) is 5.82. The van der Waals surface area contributed by atoms with Crippen LogP contribution >= 0.6 is 0 Å². The number of benzene rings is 1. The second-order valence-corrected chi connectivity index (χ2v) is 5.01. The molecular weight excluding hydrogens is 268 g/mol. The number of nitrogens with zero attached hydrogens (tertiary/aromatic N) is 1. The van der Waals surface area contributed by atoms with Gasteiger partial charge in [0.1, 0.15) is 0 Å². The van der Waals surface area contributed by atoms with Gasteiger partial charge < -0.3 is 19.7 Å². The van der Waals surface area contributed by atoms with E-state index in [2.05, 4.69) is 12.2 Å². The molecule has 0 unspecified atom stereocenters. The fourth-order valence-corrected chi connectivity index (χ4v) is 1.89. The number of methoxy groups -OCH3 is 1. The summed E-state index contributed by atoms with van der Waals surface area (Å²) in [6.07, 6.45) is 1.43. The van der Waals surface area contributed by atoms with Crippen LogP contribution in [0.25, 0.3) is 0 Å². The molecule has 1 rings (SSSR count). The van der Waals surface area contributed by atoms with Gasteiger partial charge in [-0.15, -0.1) is 0 Å². The molecular formula is C16H26N2O3. The van der Waals surface area contributed by atoms with Crippen LogP contribution in [-0.4, -0.2) is 45.2 Å². The molecule has 0 aliphatic heterocycles. The van der Waals surface area contributed by atoms with Crippen LogP contribution in [0.3, 0.4) is 0 Å². The monoisotopic (exact) mass is 294 g/mol. The van der Waals surface area contributed by atoms with Crippen molar-refractivity contribution in [3.05, 3.63) is 23.8 Å². The highest BCUT2D eigenvalue weighted by molar-refractivity contribution is 5.75. The van der Waals surface area contributed by atoms with E-state index >= 15 is 0 Å². The van der Waals surface area contributed by atoms with E-state index in [1.165, 1.54) is 0 Å². The average Bonchev–Trinajstić information content (AvgIpc) is 2.48. The zero-order chi connectivity index (χ0) is 15.7. The van der Waals surface area contributed by atoms with Crippen LogP contribution in [-0.2, 0) is 11.3 Å². The Morgan fingerprint density at radius 2 is 2.10 bits per heavy atom. The Morgan fingerprint density at radius 1 is 1.33 bits per heavy atom. The second kappa shape index (κ2) is 9.23. The van der Waals surface area contributed by atoms with Gasteiger partial charge in [0.15, 0.2) is 11.5 Å². The van der Waals surface area contributed by atoms with Gasteiger partial charge in [-0.2, -0.15) is 0 Å². The molecule has 0 spiro atoms. The van der Waals surface area contributed by atoms with Gasteiger partial charge in [0.25, 0.3) is 0 Å². The highest BCUT2D eigenvalue weighted by Crippen LogP contribution is 2.31. The molecule has 0 atom stereocenters. The van der Waals surface area contributed by atoms with Crippen molar-refractivity contribution in [2.75, 3.05) is 34.4 Å². The summed E-state index contributed by atoms with van der Waals surface area (Å²) in [7, 11) is 5.10. The number of hydrogen-bond donors (Lipinski definition) is 1. The SMILES string of the molecule is CCCNCc1cccc(OC)c1OCCC(=O)N(C)C. The molecule has 118 valence electrons. The predicted octanol–water partition coefficient (Wildman–Crippen LogP) is 2.05. The summed E-state index contributed by atoms with van der Waals surface area (Å²) in [6.45, 7) is 4.15. The molecule has 0 saturated heterocycles. The summed E-state index contributed by atoms with van der Waals surface area (Å²) in [5.74, 6) is 1.47. The maximum absolute atomic E-state index is 11.6. The fourth-order valence-electron chi connectivity index (χ4n) is 1.89. The first-order valence-electron chi connectivity index (χ1n) is 7.29. The Kier molecular flexibility index (Phi) is 7.61. The van der Waals surface area contributed by atoms with Crippen LogP contribution in [0.4, 0.5) is 0 Å². The lowest BCUT2D eigenvalue weighted by Crippen LogP contribution is -2.23. The van der Waals surface area contributed by atoms with Crippen molar-refractivity contribution in [1.82, 2.24) is 10.2 Å². The lowest BCUT2D eigenvalue weighted by molar-refractivity contribution is -0.129. The van der Waals surface area contributed by atoms with E-state index in [4.69, 9.17) is 9.47 Å². The molecule has 0 radical (unpaired) electrons. The van der Waals surface area contributed by atoms with Crippen molar-refractivity contribution in [2.45, 2.75) is 26.3 Å². The number of amides is 1. The van der Waals surface area contributed by atoms with Crippen molar-refractivity contribution in [2.24, 2.45) is 0 Å². The highest BCUT2D eigenvalue weighted by Gasteiger charge is 2.11. The molecule has 0 aliphatic carbocycles. The largest absolute Gasteiger partial charge is 0.493 e. The maximum atomic E-state index is 11.6. The standard InChI is InChI=1S/C16H26N2O3/c1-5-10-17-12-13-7-6-8-14(20-4)16(13)21-11-9-15(19)18(2)3/h6-8,17H,5,9-12H2,1-4H3. The minimum Gasteiger partial charge on any atom is -0.493 e. The van der Waals surface area contributed by atoms with Crippen LogP contribution in [0.1, 0.15) is 25.3 Å². The molecule has 1 N–H and O–H groups in total. The molecule has 0 heterocycles. The van der Waals surface area contributed by atoms with E-state index in [0.29, 0.717) is 18.8 Å². The van der Waals surface area contributed by atoms with Gasteiger partial charge in [0.05, 0.1) is 20.1 Å². The molecule has 21 heavy (non-hydrogen) atoms. The van der Waals surface area contributed by atoms with Gasteiger partial charge in [0.2, 0.25) is 5.91 Å². The molecule has 1 amide bonds. The number of carbonyl (C=O) groups is 1. The number of para-hydroxylation sites is 1. The minimum atomic E-state index is 0.0514. The van der Waals surface area contributed by atoms with Gasteiger partial charge in [-0.3, -0.25) is 4.79 Å². The summed E-state index contributed by atoms with van der Waals surface area (Å²) in [5.41, 5.74) is 1.04. The Labute approximate surface area is 127 Å². The van der Waals surface area contributed by atoms with E-state index in [-0.39, 0.29) is 5.91 Å². The summed E-state index contributed by atoms with van der Waals surface area (Å²) >= 11 is 0. The smallest absolute Gasteiger partial charge is 0.225 e. The average molecular weight is 294 g/mol. The molecule has 5 nitrogen and oxygen atoms in total. The fraction of sp³-hybridized carbons (Fsp3) is 0.562. The number of rotatable bonds is 9.